The Morgan fingerprint density at radius 3 is 2.78 bits per heavy atom. The van der Waals surface area contributed by atoms with Crippen LogP contribution in [0.15, 0.2) is 12.1 Å². The number of ether oxygens (including phenoxy) is 1. The molecular weight excluding hydrogens is 272 g/mol. The minimum atomic E-state index is -0.210. The maximum absolute atomic E-state index is 12.1. The SMILES string of the molecule is CCN(Cc1ccc(Cl)s1)C(=O)CC(CN)OC. The van der Waals surface area contributed by atoms with Gasteiger partial charge in [-0.1, -0.05) is 11.6 Å². The molecule has 1 aromatic rings. The summed E-state index contributed by atoms with van der Waals surface area (Å²) in [5.41, 5.74) is 5.52. The van der Waals surface area contributed by atoms with Gasteiger partial charge in [-0.05, 0) is 19.1 Å². The van der Waals surface area contributed by atoms with Crippen LogP contribution < -0.4 is 5.73 Å². The molecule has 18 heavy (non-hydrogen) atoms. The Morgan fingerprint density at radius 2 is 2.33 bits per heavy atom. The molecule has 1 atom stereocenters. The number of carbonyl (C=O) groups is 1. The Balaban J connectivity index is 2.57. The van der Waals surface area contributed by atoms with Gasteiger partial charge in [0.2, 0.25) is 5.91 Å². The molecule has 0 fully saturated rings. The van der Waals surface area contributed by atoms with Crippen molar-refractivity contribution in [1.82, 2.24) is 4.90 Å². The number of carbonyl (C=O) groups excluding carboxylic acids is 1. The van der Waals surface area contributed by atoms with Crippen molar-refractivity contribution in [1.29, 1.82) is 0 Å². The fourth-order valence-electron chi connectivity index (χ4n) is 1.59. The predicted molar refractivity (Wildman–Crippen MR) is 74.9 cm³/mol. The van der Waals surface area contributed by atoms with E-state index in [1.165, 1.54) is 11.3 Å². The van der Waals surface area contributed by atoms with Gasteiger partial charge in [0.1, 0.15) is 0 Å². The van der Waals surface area contributed by atoms with Gasteiger partial charge in [-0.3, -0.25) is 4.79 Å². The van der Waals surface area contributed by atoms with Crippen LogP contribution in [0.2, 0.25) is 4.34 Å². The van der Waals surface area contributed by atoms with Crippen LogP contribution in [0.5, 0.6) is 0 Å². The van der Waals surface area contributed by atoms with Gasteiger partial charge in [-0.2, -0.15) is 0 Å². The van der Waals surface area contributed by atoms with Gasteiger partial charge in [-0.25, -0.2) is 0 Å². The molecule has 0 aliphatic carbocycles. The average molecular weight is 291 g/mol. The Hall–Kier alpha value is -0.620. The van der Waals surface area contributed by atoms with Crippen LogP contribution in [0.4, 0.5) is 0 Å². The molecule has 1 heterocycles. The van der Waals surface area contributed by atoms with Gasteiger partial charge in [-0.15, -0.1) is 11.3 Å². The number of amides is 1. The zero-order chi connectivity index (χ0) is 13.5. The second-order valence-electron chi connectivity index (χ2n) is 3.91. The molecule has 1 unspecified atom stereocenters. The molecular formula is C12H19ClN2O2S. The van der Waals surface area contributed by atoms with Crippen molar-refractivity contribution in [2.75, 3.05) is 20.2 Å². The van der Waals surface area contributed by atoms with E-state index in [1.807, 2.05) is 19.1 Å². The molecule has 0 saturated heterocycles. The fourth-order valence-corrected chi connectivity index (χ4v) is 2.69. The lowest BCUT2D eigenvalue weighted by Gasteiger charge is -2.22. The number of methoxy groups -OCH3 is 1. The number of hydrogen-bond donors (Lipinski definition) is 1. The molecule has 4 nitrogen and oxygen atoms in total. The lowest BCUT2D eigenvalue weighted by Crippen LogP contribution is -2.35. The van der Waals surface area contributed by atoms with Crippen LogP contribution in [-0.4, -0.2) is 37.1 Å². The molecule has 6 heteroatoms. The molecule has 1 aromatic heterocycles. The van der Waals surface area contributed by atoms with Crippen LogP contribution in [0.3, 0.4) is 0 Å². The molecule has 0 aliphatic heterocycles. The summed E-state index contributed by atoms with van der Waals surface area (Å²) in [5.74, 6) is 0.0549. The zero-order valence-corrected chi connectivity index (χ0v) is 12.3. The van der Waals surface area contributed by atoms with E-state index < -0.39 is 0 Å². The van der Waals surface area contributed by atoms with Gasteiger partial charge < -0.3 is 15.4 Å². The molecule has 0 bridgehead atoms. The van der Waals surface area contributed by atoms with E-state index >= 15 is 0 Å². The minimum Gasteiger partial charge on any atom is -0.380 e. The van der Waals surface area contributed by atoms with Crippen LogP contribution in [0.1, 0.15) is 18.2 Å². The van der Waals surface area contributed by atoms with E-state index in [2.05, 4.69) is 0 Å². The topological polar surface area (TPSA) is 55.6 Å². The summed E-state index contributed by atoms with van der Waals surface area (Å²) >= 11 is 7.37. The monoisotopic (exact) mass is 290 g/mol. The summed E-state index contributed by atoms with van der Waals surface area (Å²) in [5, 5.41) is 0. The molecule has 0 aliphatic rings. The van der Waals surface area contributed by atoms with Crippen molar-refractivity contribution in [2.45, 2.75) is 26.0 Å². The Bertz CT molecular complexity index is 380. The van der Waals surface area contributed by atoms with Gasteiger partial charge in [0.15, 0.2) is 0 Å². The average Bonchev–Trinajstić information content (AvgIpc) is 2.78. The maximum atomic E-state index is 12.1. The summed E-state index contributed by atoms with van der Waals surface area (Å²) in [6.07, 6.45) is 0.110. The molecule has 1 rings (SSSR count). The Kier molecular flexibility index (Phi) is 6.63. The quantitative estimate of drug-likeness (QED) is 0.837. The summed E-state index contributed by atoms with van der Waals surface area (Å²) < 4.78 is 5.87. The molecule has 0 spiro atoms. The van der Waals surface area contributed by atoms with E-state index in [4.69, 9.17) is 22.1 Å². The van der Waals surface area contributed by atoms with Crippen LogP contribution in [0, 0.1) is 0 Å². The van der Waals surface area contributed by atoms with Crippen molar-refractivity contribution in [2.24, 2.45) is 5.73 Å². The number of thiophene rings is 1. The molecule has 102 valence electrons. The van der Waals surface area contributed by atoms with E-state index in [1.54, 1.807) is 12.0 Å². The lowest BCUT2D eigenvalue weighted by molar-refractivity contribution is -0.134. The van der Waals surface area contributed by atoms with E-state index in [9.17, 15) is 4.79 Å². The summed E-state index contributed by atoms with van der Waals surface area (Å²) in [6, 6.07) is 3.79. The first-order valence-electron chi connectivity index (χ1n) is 5.85. The molecule has 0 saturated carbocycles. The van der Waals surface area contributed by atoms with E-state index in [0.717, 1.165) is 9.21 Å². The highest BCUT2D eigenvalue weighted by molar-refractivity contribution is 7.16. The minimum absolute atomic E-state index is 0.0549. The number of rotatable bonds is 7. The van der Waals surface area contributed by atoms with Crippen molar-refractivity contribution >= 4 is 28.8 Å². The normalized spacial score (nSPS) is 12.4. The summed E-state index contributed by atoms with van der Waals surface area (Å²) in [4.78, 5) is 14.9. The zero-order valence-electron chi connectivity index (χ0n) is 10.7. The first-order valence-corrected chi connectivity index (χ1v) is 7.05. The second-order valence-corrected chi connectivity index (χ2v) is 5.71. The van der Waals surface area contributed by atoms with Crippen molar-refractivity contribution < 1.29 is 9.53 Å². The molecule has 1 amide bonds. The Morgan fingerprint density at radius 1 is 1.61 bits per heavy atom. The van der Waals surface area contributed by atoms with E-state index in [0.29, 0.717) is 26.1 Å². The third-order valence-corrected chi connectivity index (χ3v) is 3.92. The van der Waals surface area contributed by atoms with Gasteiger partial charge in [0, 0.05) is 25.1 Å². The van der Waals surface area contributed by atoms with Crippen molar-refractivity contribution in [3.63, 3.8) is 0 Å². The summed E-state index contributed by atoms with van der Waals surface area (Å²) in [7, 11) is 1.57. The summed E-state index contributed by atoms with van der Waals surface area (Å²) in [6.45, 7) is 3.56. The second kappa shape index (κ2) is 7.74. The molecule has 0 radical (unpaired) electrons. The standard InChI is InChI=1S/C12H19ClN2O2S/c1-3-15(8-10-4-5-11(13)18-10)12(16)6-9(7-14)17-2/h4-5,9H,3,6-8,14H2,1-2H3. The number of nitrogens with zero attached hydrogens (tertiary/aromatic N) is 1. The Labute approximate surface area is 117 Å². The van der Waals surface area contributed by atoms with E-state index in [-0.39, 0.29) is 12.0 Å². The number of nitrogens with two attached hydrogens (primary N) is 1. The maximum Gasteiger partial charge on any atom is 0.225 e. The third kappa shape index (κ3) is 4.57. The molecule has 0 aromatic carbocycles. The lowest BCUT2D eigenvalue weighted by atomic mass is 10.2. The highest BCUT2D eigenvalue weighted by atomic mass is 35.5. The van der Waals surface area contributed by atoms with Crippen LogP contribution in [0.25, 0.3) is 0 Å². The van der Waals surface area contributed by atoms with Crippen LogP contribution in [-0.2, 0) is 16.1 Å². The third-order valence-electron chi connectivity index (χ3n) is 2.71. The predicted octanol–water partition coefficient (Wildman–Crippen LogP) is 2.11. The molecule has 2 N–H and O–H groups in total. The first kappa shape index (κ1) is 15.4. The number of halogens is 1. The van der Waals surface area contributed by atoms with Gasteiger partial charge in [0.25, 0.3) is 0 Å². The smallest absolute Gasteiger partial charge is 0.225 e. The van der Waals surface area contributed by atoms with Gasteiger partial charge >= 0.3 is 0 Å². The highest BCUT2D eigenvalue weighted by Gasteiger charge is 2.17. The highest BCUT2D eigenvalue weighted by Crippen LogP contribution is 2.23. The van der Waals surface area contributed by atoms with Crippen LogP contribution >= 0.6 is 22.9 Å². The first-order chi connectivity index (χ1) is 8.60. The number of hydrogen-bond acceptors (Lipinski definition) is 4. The largest absolute Gasteiger partial charge is 0.380 e. The van der Waals surface area contributed by atoms with Gasteiger partial charge in [0.05, 0.1) is 23.4 Å². The van der Waals surface area contributed by atoms with Crippen molar-refractivity contribution in [3.8, 4) is 0 Å². The van der Waals surface area contributed by atoms with Crippen molar-refractivity contribution in [3.05, 3.63) is 21.3 Å². The fraction of sp³-hybridized carbons (Fsp3) is 0.583.